The van der Waals surface area contributed by atoms with E-state index in [2.05, 4.69) is 24.4 Å². The van der Waals surface area contributed by atoms with Crippen LogP contribution in [0.1, 0.15) is 6.42 Å². The number of nitrogens with zero attached hydrogens (tertiary/aromatic N) is 2. The van der Waals surface area contributed by atoms with Gasteiger partial charge in [-0.1, -0.05) is 18.2 Å². The molecule has 0 aliphatic carbocycles. The predicted molar refractivity (Wildman–Crippen MR) is 93.8 cm³/mol. The maximum Gasteiger partial charge on any atom is 0.251 e. The van der Waals surface area contributed by atoms with Crippen LogP contribution in [-0.4, -0.2) is 50.3 Å². The number of quaternary nitrogens is 1. The smallest absolute Gasteiger partial charge is 0.251 e. The van der Waals surface area contributed by atoms with Gasteiger partial charge in [-0.3, -0.25) is 19.5 Å². The lowest BCUT2D eigenvalue weighted by Crippen LogP contribution is -3.05. The Labute approximate surface area is 141 Å². The molecule has 122 valence electrons. The summed E-state index contributed by atoms with van der Waals surface area (Å²) in [6.45, 7) is 1.58. The second kappa shape index (κ2) is 7.94. The van der Waals surface area contributed by atoms with E-state index in [4.69, 9.17) is 12.2 Å². The van der Waals surface area contributed by atoms with Crippen molar-refractivity contribution < 1.29 is 14.5 Å². The van der Waals surface area contributed by atoms with Gasteiger partial charge in [0.2, 0.25) is 5.91 Å². The molecule has 2 rings (SSSR count). The standard InChI is InChI=1S/C16H20N4O2S/c1-19(2)10-6-9-17-11-13-14(21)18-16(23)20(15(13)22)12-7-4-3-5-8-12/h3-5,7-8,11,13H,6,9-10H2,1-2H3,(H,18,21,23)/p+1. The molecular weight excluding hydrogens is 312 g/mol. The molecule has 2 amide bonds. The van der Waals surface area contributed by atoms with Crippen molar-refractivity contribution in [3.8, 4) is 0 Å². The first-order valence-corrected chi connectivity index (χ1v) is 7.94. The van der Waals surface area contributed by atoms with Gasteiger partial charge in [0.15, 0.2) is 11.0 Å². The summed E-state index contributed by atoms with van der Waals surface area (Å²) < 4.78 is 0. The third-order valence-electron chi connectivity index (χ3n) is 3.43. The largest absolute Gasteiger partial charge is 0.340 e. The highest BCUT2D eigenvalue weighted by Gasteiger charge is 2.38. The number of carbonyl (C=O) groups is 2. The van der Waals surface area contributed by atoms with Crippen molar-refractivity contribution in [2.24, 2.45) is 10.9 Å². The molecule has 0 saturated carbocycles. The molecule has 1 aliphatic rings. The number of rotatable bonds is 6. The Morgan fingerprint density at radius 1 is 1.30 bits per heavy atom. The number of benzene rings is 1. The highest BCUT2D eigenvalue weighted by atomic mass is 32.1. The lowest BCUT2D eigenvalue weighted by molar-refractivity contribution is -0.858. The molecule has 1 saturated heterocycles. The molecule has 0 aromatic heterocycles. The second-order valence-electron chi connectivity index (χ2n) is 5.65. The summed E-state index contributed by atoms with van der Waals surface area (Å²) in [6, 6.07) is 9.03. The predicted octanol–water partition coefficient (Wildman–Crippen LogP) is -0.344. The summed E-state index contributed by atoms with van der Waals surface area (Å²) in [5.41, 5.74) is 0.636. The van der Waals surface area contributed by atoms with Crippen molar-refractivity contribution in [2.75, 3.05) is 32.1 Å². The normalized spacial score (nSPS) is 18.8. The van der Waals surface area contributed by atoms with Crippen molar-refractivity contribution in [3.63, 3.8) is 0 Å². The zero-order valence-corrected chi connectivity index (χ0v) is 14.1. The molecule has 1 aliphatic heterocycles. The van der Waals surface area contributed by atoms with Crippen molar-refractivity contribution in [2.45, 2.75) is 6.42 Å². The monoisotopic (exact) mass is 333 g/mol. The van der Waals surface area contributed by atoms with Gasteiger partial charge in [0.05, 0.1) is 26.3 Å². The topological polar surface area (TPSA) is 66.2 Å². The van der Waals surface area contributed by atoms with E-state index in [0.29, 0.717) is 12.2 Å². The zero-order chi connectivity index (χ0) is 16.8. The van der Waals surface area contributed by atoms with Crippen LogP contribution in [0.3, 0.4) is 0 Å². The third kappa shape index (κ3) is 4.43. The van der Waals surface area contributed by atoms with Crippen LogP contribution in [0.15, 0.2) is 35.3 Å². The zero-order valence-electron chi connectivity index (χ0n) is 13.3. The lowest BCUT2D eigenvalue weighted by Gasteiger charge is -2.30. The summed E-state index contributed by atoms with van der Waals surface area (Å²) >= 11 is 5.12. The van der Waals surface area contributed by atoms with Gasteiger partial charge in [-0.05, 0) is 24.4 Å². The average molecular weight is 333 g/mol. The number of thiocarbonyl (C=S) groups is 1. The lowest BCUT2D eigenvalue weighted by atomic mass is 10.1. The van der Waals surface area contributed by atoms with Gasteiger partial charge in [-0.25, -0.2) is 0 Å². The van der Waals surface area contributed by atoms with Crippen molar-refractivity contribution >= 4 is 41.0 Å². The summed E-state index contributed by atoms with van der Waals surface area (Å²) in [7, 11) is 4.14. The van der Waals surface area contributed by atoms with E-state index < -0.39 is 11.8 Å². The molecule has 23 heavy (non-hydrogen) atoms. The van der Waals surface area contributed by atoms with Gasteiger partial charge in [-0.2, -0.15) is 0 Å². The Morgan fingerprint density at radius 2 is 2.00 bits per heavy atom. The number of hydrogen-bond acceptors (Lipinski definition) is 4. The quantitative estimate of drug-likeness (QED) is 0.324. The average Bonchev–Trinajstić information content (AvgIpc) is 2.50. The molecular formula is C16H21N4O2S+. The van der Waals surface area contributed by atoms with Gasteiger partial charge in [0, 0.05) is 19.2 Å². The summed E-state index contributed by atoms with van der Waals surface area (Å²) in [6.07, 6.45) is 2.34. The molecule has 6 nitrogen and oxygen atoms in total. The Morgan fingerprint density at radius 3 is 2.65 bits per heavy atom. The van der Waals surface area contributed by atoms with E-state index >= 15 is 0 Å². The Bertz CT molecular complexity index is 616. The minimum Gasteiger partial charge on any atom is -0.340 e. The van der Waals surface area contributed by atoms with E-state index in [0.717, 1.165) is 13.0 Å². The molecule has 7 heteroatoms. The number of anilines is 1. The molecule has 1 fully saturated rings. The van der Waals surface area contributed by atoms with Crippen LogP contribution in [0.5, 0.6) is 0 Å². The Kier molecular flexibility index (Phi) is 5.95. The van der Waals surface area contributed by atoms with Crippen molar-refractivity contribution in [1.29, 1.82) is 0 Å². The Hall–Kier alpha value is -2.12. The Balaban J connectivity index is 2.08. The van der Waals surface area contributed by atoms with Crippen LogP contribution in [-0.2, 0) is 9.59 Å². The van der Waals surface area contributed by atoms with Crippen LogP contribution in [0.25, 0.3) is 0 Å². The van der Waals surface area contributed by atoms with Crippen LogP contribution in [0.4, 0.5) is 5.69 Å². The maximum absolute atomic E-state index is 12.6. The van der Waals surface area contributed by atoms with Gasteiger partial charge >= 0.3 is 0 Å². The first-order valence-electron chi connectivity index (χ1n) is 7.53. The highest BCUT2D eigenvalue weighted by molar-refractivity contribution is 7.80. The summed E-state index contributed by atoms with van der Waals surface area (Å²) in [5.74, 6) is -1.73. The summed E-state index contributed by atoms with van der Waals surface area (Å²) in [5, 5.41) is 2.67. The fraction of sp³-hybridized carbons (Fsp3) is 0.375. The van der Waals surface area contributed by atoms with Gasteiger partial charge in [-0.15, -0.1) is 0 Å². The van der Waals surface area contributed by atoms with E-state index in [-0.39, 0.29) is 11.0 Å². The summed E-state index contributed by atoms with van der Waals surface area (Å²) in [4.78, 5) is 31.5. The fourth-order valence-corrected chi connectivity index (χ4v) is 2.54. The number of para-hydroxylation sites is 1. The molecule has 0 radical (unpaired) electrons. The van der Waals surface area contributed by atoms with Crippen LogP contribution in [0.2, 0.25) is 0 Å². The molecule has 1 unspecified atom stereocenters. The molecule has 1 aromatic rings. The van der Waals surface area contributed by atoms with Gasteiger partial charge in [0.25, 0.3) is 5.91 Å². The highest BCUT2D eigenvalue weighted by Crippen LogP contribution is 2.19. The fourth-order valence-electron chi connectivity index (χ4n) is 2.25. The minimum atomic E-state index is -0.936. The van der Waals surface area contributed by atoms with Crippen LogP contribution >= 0.6 is 12.2 Å². The van der Waals surface area contributed by atoms with Crippen molar-refractivity contribution in [1.82, 2.24) is 5.32 Å². The molecule has 1 aromatic carbocycles. The van der Waals surface area contributed by atoms with Crippen LogP contribution < -0.4 is 15.1 Å². The molecule has 2 N–H and O–H groups in total. The first-order chi connectivity index (χ1) is 11.0. The molecule has 1 atom stereocenters. The van der Waals surface area contributed by atoms with E-state index in [1.165, 1.54) is 16.0 Å². The van der Waals surface area contributed by atoms with E-state index in [1.54, 1.807) is 12.1 Å². The number of aliphatic imine (C=N–C) groups is 1. The molecule has 0 spiro atoms. The molecule has 1 heterocycles. The second-order valence-corrected chi connectivity index (χ2v) is 6.03. The van der Waals surface area contributed by atoms with Crippen LogP contribution in [0, 0.1) is 5.92 Å². The molecule has 0 bridgehead atoms. The third-order valence-corrected chi connectivity index (χ3v) is 3.72. The first kappa shape index (κ1) is 17.2. The van der Waals surface area contributed by atoms with E-state index in [9.17, 15) is 9.59 Å². The number of hydrogen-bond donors (Lipinski definition) is 2. The number of amides is 2. The van der Waals surface area contributed by atoms with Gasteiger partial charge < -0.3 is 10.2 Å². The number of carbonyl (C=O) groups excluding carboxylic acids is 2. The van der Waals surface area contributed by atoms with Crippen molar-refractivity contribution in [3.05, 3.63) is 30.3 Å². The minimum absolute atomic E-state index is 0.104. The van der Waals surface area contributed by atoms with E-state index in [1.807, 2.05) is 18.2 Å². The SMILES string of the molecule is C[NH+](C)CCCN=CC1C(=O)NC(=S)N(c2ccccc2)C1=O. The number of nitrogens with one attached hydrogen (secondary N) is 2. The maximum atomic E-state index is 12.6. The van der Waals surface area contributed by atoms with Gasteiger partial charge in [0.1, 0.15) is 0 Å².